The average Bonchev–Trinajstić information content (AvgIpc) is 2.75. The molecule has 0 fully saturated rings. The molecule has 0 aliphatic rings. The van der Waals surface area contributed by atoms with E-state index in [4.69, 9.17) is 5.73 Å². The van der Waals surface area contributed by atoms with Gasteiger partial charge in [-0.25, -0.2) is 0 Å². The van der Waals surface area contributed by atoms with E-state index in [2.05, 4.69) is 23.7 Å². The van der Waals surface area contributed by atoms with Gasteiger partial charge in [-0.15, -0.1) is 0 Å². The Kier molecular flexibility index (Phi) is 4.89. The van der Waals surface area contributed by atoms with E-state index in [-0.39, 0.29) is 12.3 Å². The first-order valence-electron chi connectivity index (χ1n) is 7.67. The van der Waals surface area contributed by atoms with Crippen LogP contribution in [0.1, 0.15) is 47.2 Å². The fourth-order valence-electron chi connectivity index (χ4n) is 2.98. The Morgan fingerprint density at radius 2 is 1.87 bits per heavy atom. The van der Waals surface area contributed by atoms with Crippen molar-refractivity contribution >= 4 is 17.5 Å². The van der Waals surface area contributed by atoms with E-state index in [1.165, 1.54) is 0 Å². The number of hydrogen-bond donors (Lipinski definition) is 2. The molecule has 0 saturated carbocycles. The van der Waals surface area contributed by atoms with Crippen LogP contribution < -0.4 is 11.1 Å². The van der Waals surface area contributed by atoms with Gasteiger partial charge < -0.3 is 15.6 Å². The maximum atomic E-state index is 12.6. The number of para-hydroxylation sites is 1. The number of nitrogens with one attached hydrogen (secondary N) is 1. The van der Waals surface area contributed by atoms with Gasteiger partial charge in [0.1, 0.15) is 0 Å². The lowest BCUT2D eigenvalue weighted by Crippen LogP contribution is -2.18. The number of anilines is 1. The van der Waals surface area contributed by atoms with E-state index in [0.29, 0.717) is 22.9 Å². The number of aromatic nitrogens is 1. The van der Waals surface area contributed by atoms with Crippen molar-refractivity contribution in [2.45, 2.75) is 40.2 Å². The van der Waals surface area contributed by atoms with Crippen LogP contribution in [0.3, 0.4) is 0 Å². The molecule has 5 nitrogen and oxygen atoms in total. The van der Waals surface area contributed by atoms with Gasteiger partial charge in [-0.3, -0.25) is 9.59 Å². The molecule has 0 saturated heterocycles. The van der Waals surface area contributed by atoms with Crippen LogP contribution in [0.15, 0.2) is 30.3 Å². The highest BCUT2D eigenvalue weighted by molar-refractivity contribution is 6.06. The van der Waals surface area contributed by atoms with E-state index < -0.39 is 5.91 Å². The summed E-state index contributed by atoms with van der Waals surface area (Å²) in [5, 5.41) is 2.89. The van der Waals surface area contributed by atoms with Crippen LogP contribution in [-0.4, -0.2) is 16.4 Å². The van der Waals surface area contributed by atoms with Gasteiger partial charge in [0, 0.05) is 23.1 Å². The van der Waals surface area contributed by atoms with Crippen LogP contribution in [0.25, 0.3) is 0 Å². The number of nitrogens with two attached hydrogens (primary N) is 1. The quantitative estimate of drug-likeness (QED) is 0.890. The first kappa shape index (κ1) is 16.8. The van der Waals surface area contributed by atoms with E-state index in [1.807, 2.05) is 32.0 Å². The minimum Gasteiger partial charge on any atom is -0.369 e. The molecular weight excluding hydrogens is 290 g/mol. The Balaban J connectivity index is 2.30. The van der Waals surface area contributed by atoms with E-state index in [0.717, 1.165) is 11.4 Å². The smallest absolute Gasteiger partial charge is 0.257 e. The highest BCUT2D eigenvalue weighted by Gasteiger charge is 2.18. The van der Waals surface area contributed by atoms with Crippen molar-refractivity contribution in [1.29, 1.82) is 0 Å². The van der Waals surface area contributed by atoms with E-state index in [1.54, 1.807) is 12.1 Å². The molecule has 1 aromatic heterocycles. The first-order chi connectivity index (χ1) is 10.8. The van der Waals surface area contributed by atoms with Crippen LogP contribution in [-0.2, 0) is 11.2 Å². The highest BCUT2D eigenvalue weighted by Crippen LogP contribution is 2.22. The molecule has 2 aromatic rings. The Hall–Kier alpha value is -2.56. The average molecular weight is 313 g/mol. The Morgan fingerprint density at radius 1 is 1.22 bits per heavy atom. The summed E-state index contributed by atoms with van der Waals surface area (Å²) in [4.78, 5) is 23.8. The number of rotatable bonds is 5. The third-order valence-corrected chi connectivity index (χ3v) is 3.88. The third kappa shape index (κ3) is 3.62. The number of carbonyl (C=O) groups excluding carboxylic acids is 2. The summed E-state index contributed by atoms with van der Waals surface area (Å²) >= 11 is 0. The molecule has 122 valence electrons. The topological polar surface area (TPSA) is 77.1 Å². The maximum absolute atomic E-state index is 12.6. The summed E-state index contributed by atoms with van der Waals surface area (Å²) in [6, 6.07) is 9.38. The number of aryl methyl sites for hydroxylation is 1. The lowest BCUT2D eigenvalue weighted by Gasteiger charge is -2.14. The summed E-state index contributed by atoms with van der Waals surface area (Å²) < 4.78 is 2.13. The Labute approximate surface area is 136 Å². The van der Waals surface area contributed by atoms with Crippen molar-refractivity contribution in [1.82, 2.24) is 4.57 Å². The number of hydrogen-bond acceptors (Lipinski definition) is 2. The summed E-state index contributed by atoms with van der Waals surface area (Å²) in [5.74, 6) is -0.605. The SMILES string of the molecule is Cc1cc(C(=O)Nc2ccccc2CC(N)=O)c(C)n1C(C)C. The normalized spacial score (nSPS) is 10.8. The van der Waals surface area contributed by atoms with Crippen molar-refractivity contribution in [3.8, 4) is 0 Å². The molecule has 23 heavy (non-hydrogen) atoms. The number of primary amides is 1. The second-order valence-electron chi connectivity index (χ2n) is 6.00. The van der Waals surface area contributed by atoms with Crippen molar-refractivity contribution in [3.63, 3.8) is 0 Å². The van der Waals surface area contributed by atoms with Gasteiger partial charge in [0.2, 0.25) is 5.91 Å². The molecule has 1 heterocycles. The van der Waals surface area contributed by atoms with Crippen LogP contribution in [0.5, 0.6) is 0 Å². The lowest BCUT2D eigenvalue weighted by atomic mass is 10.1. The van der Waals surface area contributed by atoms with Crippen molar-refractivity contribution in [3.05, 3.63) is 52.8 Å². The number of amides is 2. The molecule has 2 amide bonds. The van der Waals surface area contributed by atoms with Gasteiger partial charge in [-0.05, 0) is 45.4 Å². The van der Waals surface area contributed by atoms with Crippen LogP contribution >= 0.6 is 0 Å². The minimum absolute atomic E-state index is 0.0987. The molecule has 2 rings (SSSR count). The molecule has 0 aliphatic heterocycles. The van der Waals surface area contributed by atoms with E-state index in [9.17, 15) is 9.59 Å². The number of carbonyl (C=O) groups is 2. The zero-order valence-corrected chi connectivity index (χ0v) is 14.0. The summed E-state index contributed by atoms with van der Waals surface area (Å²) in [6.07, 6.45) is 0.0987. The molecule has 5 heteroatoms. The van der Waals surface area contributed by atoms with Crippen LogP contribution in [0.2, 0.25) is 0 Å². The number of nitrogens with zero attached hydrogens (tertiary/aromatic N) is 1. The molecule has 1 aromatic carbocycles. The zero-order valence-electron chi connectivity index (χ0n) is 14.0. The van der Waals surface area contributed by atoms with Crippen molar-refractivity contribution in [2.24, 2.45) is 5.73 Å². The van der Waals surface area contributed by atoms with Gasteiger partial charge in [-0.1, -0.05) is 18.2 Å². The minimum atomic E-state index is -0.426. The molecule has 0 bridgehead atoms. The summed E-state index contributed by atoms with van der Waals surface area (Å²) in [6.45, 7) is 8.11. The Bertz CT molecular complexity index is 745. The molecule has 3 N–H and O–H groups in total. The molecule has 0 aliphatic carbocycles. The monoisotopic (exact) mass is 313 g/mol. The van der Waals surface area contributed by atoms with Crippen LogP contribution in [0.4, 0.5) is 5.69 Å². The first-order valence-corrected chi connectivity index (χ1v) is 7.67. The maximum Gasteiger partial charge on any atom is 0.257 e. The molecule has 0 atom stereocenters. The van der Waals surface area contributed by atoms with Crippen LogP contribution in [0, 0.1) is 13.8 Å². The Morgan fingerprint density at radius 3 is 2.43 bits per heavy atom. The van der Waals surface area contributed by atoms with Gasteiger partial charge >= 0.3 is 0 Å². The standard InChI is InChI=1S/C18H23N3O2/c1-11(2)21-12(3)9-15(13(21)4)18(23)20-16-8-6-5-7-14(16)10-17(19)22/h5-9,11H,10H2,1-4H3,(H2,19,22)(H,20,23). The van der Waals surface area contributed by atoms with Gasteiger partial charge in [0.15, 0.2) is 0 Å². The van der Waals surface area contributed by atoms with Gasteiger partial charge in [0.25, 0.3) is 5.91 Å². The lowest BCUT2D eigenvalue weighted by molar-refractivity contribution is -0.117. The van der Waals surface area contributed by atoms with E-state index >= 15 is 0 Å². The van der Waals surface area contributed by atoms with Crippen molar-refractivity contribution < 1.29 is 9.59 Å². The second-order valence-corrected chi connectivity index (χ2v) is 6.00. The van der Waals surface area contributed by atoms with Crippen molar-refractivity contribution in [2.75, 3.05) is 5.32 Å². The highest BCUT2D eigenvalue weighted by atomic mass is 16.2. The molecule has 0 radical (unpaired) electrons. The molecular formula is C18H23N3O2. The molecule has 0 unspecified atom stereocenters. The predicted molar refractivity (Wildman–Crippen MR) is 91.6 cm³/mol. The number of benzene rings is 1. The zero-order chi connectivity index (χ0) is 17.1. The fourth-order valence-corrected chi connectivity index (χ4v) is 2.98. The third-order valence-electron chi connectivity index (χ3n) is 3.88. The second kappa shape index (κ2) is 6.69. The summed E-state index contributed by atoms with van der Waals surface area (Å²) in [7, 11) is 0. The summed E-state index contributed by atoms with van der Waals surface area (Å²) in [5.41, 5.74) is 9.22. The van der Waals surface area contributed by atoms with Gasteiger partial charge in [0.05, 0.1) is 12.0 Å². The van der Waals surface area contributed by atoms with Gasteiger partial charge in [-0.2, -0.15) is 0 Å². The fraction of sp³-hybridized carbons (Fsp3) is 0.333. The largest absolute Gasteiger partial charge is 0.369 e. The predicted octanol–water partition coefficient (Wildman–Crippen LogP) is 2.97. The molecule has 0 spiro atoms.